The second-order valence-corrected chi connectivity index (χ2v) is 8.99. The maximum atomic E-state index is 10.9. The van der Waals surface area contributed by atoms with Crippen LogP contribution in [0, 0.1) is 12.3 Å². The molecule has 148 valence electrons. The first-order valence-corrected chi connectivity index (χ1v) is 9.99. The third-order valence-corrected chi connectivity index (χ3v) is 5.42. The van der Waals surface area contributed by atoms with Gasteiger partial charge in [0.15, 0.2) is 0 Å². The van der Waals surface area contributed by atoms with Crippen molar-refractivity contribution in [3.63, 3.8) is 0 Å². The van der Waals surface area contributed by atoms with E-state index in [-0.39, 0.29) is 11.3 Å². The molecule has 0 bridgehead atoms. The Labute approximate surface area is 168 Å². The van der Waals surface area contributed by atoms with Gasteiger partial charge in [0.05, 0.1) is 12.2 Å². The molecule has 0 aliphatic heterocycles. The lowest BCUT2D eigenvalue weighted by Gasteiger charge is -2.36. The summed E-state index contributed by atoms with van der Waals surface area (Å²) in [6, 6.07) is 0. The summed E-state index contributed by atoms with van der Waals surface area (Å²) < 4.78 is 0. The number of allylic oxidation sites excluding steroid dienone is 4. The number of fused-ring (bicyclic) bond motifs is 1. The van der Waals surface area contributed by atoms with Gasteiger partial charge in [0.25, 0.3) is 0 Å². The molecule has 1 aromatic rings. The summed E-state index contributed by atoms with van der Waals surface area (Å²) in [6.07, 6.45) is 7.71. The summed E-state index contributed by atoms with van der Waals surface area (Å²) >= 11 is 6.04. The van der Waals surface area contributed by atoms with Gasteiger partial charge in [-0.15, -0.1) is 0 Å². The number of hydrogen-bond acceptors (Lipinski definition) is 3. The van der Waals surface area contributed by atoms with Gasteiger partial charge in [-0.3, -0.25) is 4.98 Å². The van der Waals surface area contributed by atoms with Crippen LogP contribution in [0.3, 0.4) is 0 Å². The normalized spacial score (nSPS) is 20.8. The van der Waals surface area contributed by atoms with Crippen molar-refractivity contribution in [2.75, 3.05) is 0 Å². The van der Waals surface area contributed by atoms with Gasteiger partial charge in [-0.05, 0) is 55.2 Å². The molecule has 0 fully saturated rings. The van der Waals surface area contributed by atoms with Crippen molar-refractivity contribution in [1.82, 2.24) is 4.98 Å². The van der Waals surface area contributed by atoms with Gasteiger partial charge in [0, 0.05) is 27.5 Å². The smallest absolute Gasteiger partial charge is 0.0844 e. The van der Waals surface area contributed by atoms with E-state index in [0.29, 0.717) is 17.9 Å². The minimum absolute atomic E-state index is 0.0250. The van der Waals surface area contributed by atoms with Gasteiger partial charge < -0.3 is 10.2 Å². The molecule has 1 heterocycles. The molecule has 0 radical (unpaired) electrons. The molecule has 1 aliphatic rings. The first-order chi connectivity index (χ1) is 12.6. The van der Waals surface area contributed by atoms with E-state index in [2.05, 4.69) is 34.3 Å². The van der Waals surface area contributed by atoms with E-state index in [1.54, 1.807) is 18.2 Å². The average molecular weight is 390 g/mol. The molecule has 1 aromatic heterocycles. The topological polar surface area (TPSA) is 53.4 Å². The quantitative estimate of drug-likeness (QED) is 0.604. The van der Waals surface area contributed by atoms with Crippen molar-refractivity contribution in [2.45, 2.75) is 72.0 Å². The first-order valence-electron chi connectivity index (χ1n) is 9.61. The number of pyridine rings is 1. The molecule has 2 atom stereocenters. The number of rotatable bonds is 6. The maximum absolute atomic E-state index is 10.9. The standard InChI is InChI=1S/C23H32ClNO2/c1-7-9-16(24)10-8-11-18(26)21-15(4)20-17(25-22(21)14(2)3)12-23(5,6)13-19(20)27/h7-10,14,18-19,26-27H,1,11-13H2,2-6H3/b10-8-,16-9+. The van der Waals surface area contributed by atoms with Crippen molar-refractivity contribution in [3.8, 4) is 0 Å². The lowest BCUT2D eigenvalue weighted by molar-refractivity contribution is 0.0965. The van der Waals surface area contributed by atoms with Crippen LogP contribution in [-0.2, 0) is 6.42 Å². The predicted octanol–water partition coefficient (Wildman–Crippen LogP) is 5.81. The van der Waals surface area contributed by atoms with Crippen molar-refractivity contribution in [2.24, 2.45) is 5.41 Å². The number of aliphatic hydroxyl groups excluding tert-OH is 2. The number of halogens is 1. The molecular weight excluding hydrogens is 358 g/mol. The lowest BCUT2D eigenvalue weighted by Crippen LogP contribution is -2.29. The molecule has 2 rings (SSSR count). The second kappa shape index (κ2) is 8.72. The van der Waals surface area contributed by atoms with Gasteiger partial charge in [-0.25, -0.2) is 0 Å². The monoisotopic (exact) mass is 389 g/mol. The van der Waals surface area contributed by atoms with Crippen LogP contribution >= 0.6 is 11.6 Å². The Balaban J connectivity index is 2.45. The summed E-state index contributed by atoms with van der Waals surface area (Å²) in [5.41, 5.74) is 4.64. The van der Waals surface area contributed by atoms with E-state index >= 15 is 0 Å². The Morgan fingerprint density at radius 3 is 2.67 bits per heavy atom. The van der Waals surface area contributed by atoms with Gasteiger partial charge in [-0.1, -0.05) is 58.0 Å². The minimum atomic E-state index is -0.688. The molecule has 3 nitrogen and oxygen atoms in total. The Bertz CT molecular complexity index is 762. The largest absolute Gasteiger partial charge is 0.388 e. The molecule has 27 heavy (non-hydrogen) atoms. The third-order valence-electron chi connectivity index (χ3n) is 5.17. The fourth-order valence-corrected chi connectivity index (χ4v) is 4.18. The van der Waals surface area contributed by atoms with E-state index in [0.717, 1.165) is 34.5 Å². The van der Waals surface area contributed by atoms with Crippen LogP contribution in [0.5, 0.6) is 0 Å². The van der Waals surface area contributed by atoms with Crippen LogP contribution in [0.25, 0.3) is 0 Å². The summed E-state index contributed by atoms with van der Waals surface area (Å²) in [5, 5.41) is 22.2. The van der Waals surface area contributed by atoms with Gasteiger partial charge in [0.2, 0.25) is 0 Å². The van der Waals surface area contributed by atoms with Crippen molar-refractivity contribution in [3.05, 3.63) is 64.0 Å². The highest BCUT2D eigenvalue weighted by molar-refractivity contribution is 6.31. The Morgan fingerprint density at radius 2 is 2.07 bits per heavy atom. The van der Waals surface area contributed by atoms with Crippen molar-refractivity contribution in [1.29, 1.82) is 0 Å². The zero-order chi connectivity index (χ0) is 20.4. The highest BCUT2D eigenvalue weighted by Crippen LogP contribution is 2.44. The lowest BCUT2D eigenvalue weighted by atomic mass is 9.72. The SMILES string of the molecule is C=C/C=C(Cl)\C=C/CC(O)c1c(C(C)C)nc2c(c1C)C(O)CC(C)(C)C2. The molecule has 2 unspecified atom stereocenters. The molecule has 0 spiro atoms. The van der Waals surface area contributed by atoms with Crippen molar-refractivity contribution >= 4 is 11.6 Å². The van der Waals surface area contributed by atoms with Crippen LogP contribution < -0.4 is 0 Å². The van der Waals surface area contributed by atoms with Crippen LogP contribution in [-0.4, -0.2) is 15.2 Å². The zero-order valence-electron chi connectivity index (χ0n) is 17.1. The Kier molecular flexibility index (Phi) is 7.07. The second-order valence-electron chi connectivity index (χ2n) is 8.55. The van der Waals surface area contributed by atoms with E-state index in [1.807, 2.05) is 13.0 Å². The van der Waals surface area contributed by atoms with Gasteiger partial charge >= 0.3 is 0 Å². The third kappa shape index (κ3) is 5.10. The number of aromatic nitrogens is 1. The summed E-state index contributed by atoms with van der Waals surface area (Å²) in [7, 11) is 0. The molecule has 0 amide bonds. The van der Waals surface area contributed by atoms with E-state index in [4.69, 9.17) is 16.6 Å². The van der Waals surface area contributed by atoms with Gasteiger partial charge in [0.1, 0.15) is 0 Å². The number of hydrogen-bond donors (Lipinski definition) is 2. The molecule has 1 aliphatic carbocycles. The molecule has 0 saturated heterocycles. The van der Waals surface area contributed by atoms with Crippen LogP contribution in [0.1, 0.15) is 86.7 Å². The molecule has 2 N–H and O–H groups in total. The van der Waals surface area contributed by atoms with Gasteiger partial charge in [-0.2, -0.15) is 0 Å². The highest BCUT2D eigenvalue weighted by Gasteiger charge is 2.35. The maximum Gasteiger partial charge on any atom is 0.0844 e. The van der Waals surface area contributed by atoms with E-state index in [9.17, 15) is 10.2 Å². The first kappa shape index (κ1) is 21.9. The van der Waals surface area contributed by atoms with E-state index in [1.165, 1.54) is 0 Å². The number of nitrogens with zero attached hydrogens (tertiary/aromatic N) is 1. The summed E-state index contributed by atoms with van der Waals surface area (Å²) in [5.74, 6) is 0.189. The van der Waals surface area contributed by atoms with Crippen LogP contribution in [0.2, 0.25) is 0 Å². The Hall–Kier alpha value is -1.42. The molecule has 4 heteroatoms. The zero-order valence-corrected chi connectivity index (χ0v) is 17.8. The molecule has 0 aromatic carbocycles. The van der Waals surface area contributed by atoms with E-state index < -0.39 is 12.2 Å². The minimum Gasteiger partial charge on any atom is -0.388 e. The molecular formula is C23H32ClNO2. The number of aliphatic hydroxyl groups is 2. The summed E-state index contributed by atoms with van der Waals surface area (Å²) in [6.45, 7) is 14.1. The average Bonchev–Trinajstić information content (AvgIpc) is 2.52. The summed E-state index contributed by atoms with van der Waals surface area (Å²) in [4.78, 5) is 4.92. The Morgan fingerprint density at radius 1 is 1.41 bits per heavy atom. The van der Waals surface area contributed by atoms with Crippen LogP contribution in [0.15, 0.2) is 35.9 Å². The fraction of sp³-hybridized carbons (Fsp3) is 0.522. The fourth-order valence-electron chi connectivity index (χ4n) is 4.00. The van der Waals surface area contributed by atoms with Crippen LogP contribution in [0.4, 0.5) is 0 Å². The molecule has 0 saturated carbocycles. The highest BCUT2D eigenvalue weighted by atomic mass is 35.5. The van der Waals surface area contributed by atoms with Crippen molar-refractivity contribution < 1.29 is 10.2 Å². The predicted molar refractivity (Wildman–Crippen MR) is 113 cm³/mol.